The lowest BCUT2D eigenvalue weighted by Crippen LogP contribution is -2.41. The van der Waals surface area contributed by atoms with Gasteiger partial charge in [-0.05, 0) is 31.1 Å². The molecule has 1 aliphatic heterocycles. The molecule has 6 nitrogen and oxygen atoms in total. The molecule has 24 heavy (non-hydrogen) atoms. The second kappa shape index (κ2) is 8.94. The Morgan fingerprint density at radius 1 is 1.29 bits per heavy atom. The lowest BCUT2D eigenvalue weighted by molar-refractivity contribution is 0.0896. The molecule has 0 bridgehead atoms. The second-order valence-corrected chi connectivity index (χ2v) is 5.98. The van der Waals surface area contributed by atoms with Crippen LogP contribution in [0.25, 0.3) is 0 Å². The minimum Gasteiger partial charge on any atom is -0.497 e. The largest absolute Gasteiger partial charge is 0.497 e. The summed E-state index contributed by atoms with van der Waals surface area (Å²) in [5, 5.41) is 3.73. The highest BCUT2D eigenvalue weighted by atomic mass is 32.1. The number of rotatable bonds is 7. The van der Waals surface area contributed by atoms with Crippen molar-refractivity contribution in [2.24, 2.45) is 0 Å². The molecule has 134 valence electrons. The van der Waals surface area contributed by atoms with E-state index in [2.05, 4.69) is 10.2 Å². The highest BCUT2D eigenvalue weighted by molar-refractivity contribution is 7.80. The van der Waals surface area contributed by atoms with E-state index >= 15 is 0 Å². The van der Waals surface area contributed by atoms with Gasteiger partial charge in [0.2, 0.25) is 0 Å². The zero-order valence-electron chi connectivity index (χ0n) is 14.8. The maximum Gasteiger partial charge on any atom is 0.169 e. The number of hydrogen-bond acceptors (Lipinski definition) is 5. The monoisotopic (exact) mass is 354 g/mol. The Morgan fingerprint density at radius 3 is 2.62 bits per heavy atom. The zero-order valence-corrected chi connectivity index (χ0v) is 15.6. The third kappa shape index (κ3) is 4.42. The molecular weight excluding hydrogens is 328 g/mol. The first-order chi connectivity index (χ1) is 11.6. The number of hydrogen-bond donors (Lipinski definition) is 1. The van der Waals surface area contributed by atoms with Crippen LogP contribution in [0.5, 0.6) is 17.2 Å². The molecule has 0 aliphatic carbocycles. The molecule has 1 atom stereocenters. The fourth-order valence-corrected chi connectivity index (χ4v) is 3.01. The third-order valence-electron chi connectivity index (χ3n) is 4.08. The van der Waals surface area contributed by atoms with Gasteiger partial charge in [0, 0.05) is 38.4 Å². The number of benzene rings is 1. The minimum atomic E-state index is 0.204. The maximum absolute atomic E-state index is 5.75. The molecule has 7 heteroatoms. The van der Waals surface area contributed by atoms with Gasteiger partial charge in [0.25, 0.3) is 0 Å². The Balaban J connectivity index is 2.27. The molecule has 1 aromatic carbocycles. The van der Waals surface area contributed by atoms with Gasteiger partial charge in [0.1, 0.15) is 5.75 Å². The van der Waals surface area contributed by atoms with Crippen LogP contribution in [0, 0.1) is 0 Å². The van der Waals surface area contributed by atoms with Crippen molar-refractivity contribution in [1.82, 2.24) is 10.2 Å². The van der Waals surface area contributed by atoms with E-state index in [-0.39, 0.29) is 6.10 Å². The van der Waals surface area contributed by atoms with Crippen LogP contribution in [0.2, 0.25) is 0 Å². The minimum absolute atomic E-state index is 0.204. The van der Waals surface area contributed by atoms with Gasteiger partial charge in [-0.25, -0.2) is 0 Å². The Hall–Kier alpha value is -1.73. The van der Waals surface area contributed by atoms with E-state index in [1.165, 1.54) is 0 Å². The summed E-state index contributed by atoms with van der Waals surface area (Å²) in [5.41, 5.74) is 0.948. The van der Waals surface area contributed by atoms with Crippen LogP contribution in [-0.4, -0.2) is 57.6 Å². The molecule has 1 fully saturated rings. The van der Waals surface area contributed by atoms with E-state index in [4.69, 9.17) is 31.2 Å². The lowest BCUT2D eigenvalue weighted by Gasteiger charge is -2.28. The summed E-state index contributed by atoms with van der Waals surface area (Å²) in [4.78, 5) is 2.09. The molecule has 1 aliphatic rings. The van der Waals surface area contributed by atoms with Gasteiger partial charge in [0.15, 0.2) is 16.6 Å². The number of nitrogens with one attached hydrogen (secondary N) is 1. The summed E-state index contributed by atoms with van der Waals surface area (Å²) >= 11 is 5.47. The standard InChI is InChI=1S/C17H26N2O4S/c1-18-17(24)19(11-13-6-5-7-23-13)10-12-8-14(20-2)9-15(21-3)16(12)22-4/h8-9,13H,5-7,10-11H2,1-4H3,(H,18,24). The van der Waals surface area contributed by atoms with E-state index in [1.54, 1.807) is 21.3 Å². The van der Waals surface area contributed by atoms with Crippen molar-refractivity contribution in [3.63, 3.8) is 0 Å². The molecule has 1 aromatic rings. The van der Waals surface area contributed by atoms with Crippen LogP contribution in [-0.2, 0) is 11.3 Å². The van der Waals surface area contributed by atoms with Crippen molar-refractivity contribution in [3.05, 3.63) is 17.7 Å². The predicted octanol–water partition coefficient (Wildman–Crippen LogP) is 2.20. The predicted molar refractivity (Wildman–Crippen MR) is 97.1 cm³/mol. The number of nitrogens with zero attached hydrogens (tertiary/aromatic N) is 1. The first-order valence-electron chi connectivity index (χ1n) is 8.00. The van der Waals surface area contributed by atoms with Crippen LogP contribution in [0.3, 0.4) is 0 Å². The van der Waals surface area contributed by atoms with E-state index in [1.807, 2.05) is 19.2 Å². The average molecular weight is 354 g/mol. The third-order valence-corrected chi connectivity index (χ3v) is 4.54. The van der Waals surface area contributed by atoms with Gasteiger partial charge in [-0.1, -0.05) is 0 Å². The summed E-state index contributed by atoms with van der Waals surface area (Å²) in [6.07, 6.45) is 2.36. The summed E-state index contributed by atoms with van der Waals surface area (Å²) in [5.74, 6) is 2.05. The summed E-state index contributed by atoms with van der Waals surface area (Å²) < 4.78 is 22.1. The fraction of sp³-hybridized carbons (Fsp3) is 0.588. The molecule has 0 saturated carbocycles. The SMILES string of the molecule is CNC(=S)N(Cc1cc(OC)cc(OC)c1OC)CC1CCCO1. The molecule has 1 N–H and O–H groups in total. The Bertz CT molecular complexity index is 562. The lowest BCUT2D eigenvalue weighted by atomic mass is 10.1. The molecule has 0 radical (unpaired) electrons. The van der Waals surface area contributed by atoms with Crippen molar-refractivity contribution in [3.8, 4) is 17.2 Å². The van der Waals surface area contributed by atoms with Crippen molar-refractivity contribution in [2.45, 2.75) is 25.5 Å². The molecule has 0 spiro atoms. The first-order valence-corrected chi connectivity index (χ1v) is 8.40. The average Bonchev–Trinajstić information content (AvgIpc) is 3.12. The number of ether oxygens (including phenoxy) is 4. The highest BCUT2D eigenvalue weighted by Gasteiger charge is 2.23. The topological polar surface area (TPSA) is 52.2 Å². The number of thiocarbonyl (C=S) groups is 1. The summed E-state index contributed by atoms with van der Waals surface area (Å²) in [6, 6.07) is 3.76. The van der Waals surface area contributed by atoms with Gasteiger partial charge in [-0.15, -0.1) is 0 Å². The molecule has 1 heterocycles. The van der Waals surface area contributed by atoms with Crippen molar-refractivity contribution >= 4 is 17.3 Å². The van der Waals surface area contributed by atoms with E-state index < -0.39 is 0 Å². The van der Waals surface area contributed by atoms with E-state index in [0.29, 0.717) is 23.2 Å². The number of methoxy groups -OCH3 is 3. The second-order valence-electron chi connectivity index (χ2n) is 5.59. The Morgan fingerprint density at radius 2 is 2.08 bits per heavy atom. The van der Waals surface area contributed by atoms with Crippen LogP contribution in [0.15, 0.2) is 12.1 Å². The normalized spacial score (nSPS) is 16.6. The highest BCUT2D eigenvalue weighted by Crippen LogP contribution is 2.36. The van der Waals surface area contributed by atoms with Crippen molar-refractivity contribution in [1.29, 1.82) is 0 Å². The van der Waals surface area contributed by atoms with Crippen molar-refractivity contribution < 1.29 is 18.9 Å². The molecule has 1 saturated heterocycles. The van der Waals surface area contributed by atoms with Gasteiger partial charge in [-0.3, -0.25) is 0 Å². The smallest absolute Gasteiger partial charge is 0.169 e. The van der Waals surface area contributed by atoms with E-state index in [0.717, 1.165) is 37.3 Å². The Kier molecular flexibility index (Phi) is 6.93. The van der Waals surface area contributed by atoms with Gasteiger partial charge < -0.3 is 29.2 Å². The molecule has 1 unspecified atom stereocenters. The van der Waals surface area contributed by atoms with Crippen molar-refractivity contribution in [2.75, 3.05) is 41.5 Å². The van der Waals surface area contributed by atoms with Gasteiger partial charge in [0.05, 0.1) is 27.4 Å². The fourth-order valence-electron chi connectivity index (χ4n) is 2.87. The van der Waals surface area contributed by atoms with Crippen LogP contribution >= 0.6 is 12.2 Å². The van der Waals surface area contributed by atoms with Crippen LogP contribution in [0.1, 0.15) is 18.4 Å². The molecule has 0 aromatic heterocycles. The first kappa shape index (κ1) is 18.6. The van der Waals surface area contributed by atoms with Crippen LogP contribution in [0.4, 0.5) is 0 Å². The molecule has 0 amide bonds. The quantitative estimate of drug-likeness (QED) is 0.753. The van der Waals surface area contributed by atoms with Gasteiger partial charge in [-0.2, -0.15) is 0 Å². The van der Waals surface area contributed by atoms with Gasteiger partial charge >= 0.3 is 0 Å². The summed E-state index contributed by atoms with van der Waals surface area (Å²) in [6.45, 7) is 2.14. The maximum atomic E-state index is 5.75. The molecular formula is C17H26N2O4S. The molecule has 2 rings (SSSR count). The van der Waals surface area contributed by atoms with Crippen LogP contribution < -0.4 is 19.5 Å². The zero-order chi connectivity index (χ0) is 17.5. The summed E-state index contributed by atoms with van der Waals surface area (Å²) in [7, 11) is 6.71. The van der Waals surface area contributed by atoms with E-state index in [9.17, 15) is 0 Å². The Labute approximate surface area is 149 Å².